The minimum Gasteiger partial charge on any atom is -0.496 e. The Hall–Kier alpha value is -1.02. The van der Waals surface area contributed by atoms with Gasteiger partial charge in [0.1, 0.15) is 5.75 Å². The summed E-state index contributed by atoms with van der Waals surface area (Å²) in [5.41, 5.74) is 2.62. The Morgan fingerprint density at radius 3 is 2.72 bits per heavy atom. The molecule has 1 aliphatic rings. The summed E-state index contributed by atoms with van der Waals surface area (Å²) in [7, 11) is 1.73. The van der Waals surface area contributed by atoms with Crippen molar-refractivity contribution in [1.82, 2.24) is 5.32 Å². The molecule has 0 radical (unpaired) electrons. The summed E-state index contributed by atoms with van der Waals surface area (Å²) in [6.07, 6.45) is 6.83. The summed E-state index contributed by atoms with van der Waals surface area (Å²) in [4.78, 5) is 0. The van der Waals surface area contributed by atoms with Crippen LogP contribution in [0, 0.1) is 12.8 Å². The first-order chi connectivity index (χ1) is 8.79. The molecule has 0 spiro atoms. The zero-order chi connectivity index (χ0) is 12.8. The van der Waals surface area contributed by atoms with Crippen LogP contribution in [0.5, 0.6) is 5.75 Å². The van der Waals surface area contributed by atoms with Gasteiger partial charge in [0.15, 0.2) is 0 Å². The number of nitrogens with one attached hydrogen (secondary N) is 1. The summed E-state index contributed by atoms with van der Waals surface area (Å²) in [6, 6.07) is 6.47. The van der Waals surface area contributed by atoms with Gasteiger partial charge in [0, 0.05) is 0 Å². The molecule has 2 heteroatoms. The van der Waals surface area contributed by atoms with Gasteiger partial charge < -0.3 is 10.1 Å². The quantitative estimate of drug-likeness (QED) is 0.779. The van der Waals surface area contributed by atoms with Crippen LogP contribution in [0.4, 0.5) is 0 Å². The molecule has 1 aromatic rings. The smallest absolute Gasteiger partial charge is 0.121 e. The second kappa shape index (κ2) is 6.79. The molecular formula is C16H25NO. The number of hydrogen-bond acceptors (Lipinski definition) is 2. The Kier molecular flexibility index (Phi) is 5.06. The van der Waals surface area contributed by atoms with Crippen LogP contribution in [-0.2, 0) is 6.42 Å². The second-order valence-electron chi connectivity index (χ2n) is 5.41. The van der Waals surface area contributed by atoms with Gasteiger partial charge in [-0.3, -0.25) is 0 Å². The molecule has 0 atom stereocenters. The third kappa shape index (κ3) is 3.74. The first-order valence-electron chi connectivity index (χ1n) is 7.14. The maximum atomic E-state index is 5.28. The normalized spacial score (nSPS) is 16.1. The highest BCUT2D eigenvalue weighted by Gasteiger charge is 2.13. The van der Waals surface area contributed by atoms with Crippen molar-refractivity contribution in [2.45, 2.75) is 39.0 Å². The number of aryl methyl sites for hydroxylation is 1. The standard InChI is InChI=1S/C16H25NO/c1-13-11-14(7-8-16(13)18-2)9-10-17-12-15-5-3-4-6-15/h7-8,11,15,17H,3-6,9-10,12H2,1-2H3. The number of hydrogen-bond donors (Lipinski definition) is 1. The van der Waals surface area contributed by atoms with E-state index in [1.54, 1.807) is 7.11 Å². The molecule has 1 saturated carbocycles. The van der Waals surface area contributed by atoms with Crippen LogP contribution in [0.2, 0.25) is 0 Å². The first kappa shape index (κ1) is 13.4. The number of benzene rings is 1. The molecule has 1 fully saturated rings. The largest absolute Gasteiger partial charge is 0.496 e. The molecule has 0 bridgehead atoms. The zero-order valence-electron chi connectivity index (χ0n) is 11.7. The predicted octanol–water partition coefficient (Wildman–Crippen LogP) is 3.33. The molecule has 100 valence electrons. The number of methoxy groups -OCH3 is 1. The molecule has 1 N–H and O–H groups in total. The van der Waals surface area contributed by atoms with Gasteiger partial charge in [-0.25, -0.2) is 0 Å². The minimum absolute atomic E-state index is 0.933. The zero-order valence-corrected chi connectivity index (χ0v) is 11.7. The summed E-state index contributed by atoms with van der Waals surface area (Å²) in [5.74, 6) is 1.92. The van der Waals surface area contributed by atoms with Crippen LogP contribution in [0.25, 0.3) is 0 Å². The monoisotopic (exact) mass is 247 g/mol. The molecule has 1 aliphatic carbocycles. The van der Waals surface area contributed by atoms with Gasteiger partial charge in [-0.15, -0.1) is 0 Å². The lowest BCUT2D eigenvalue weighted by molar-refractivity contribution is 0.411. The van der Waals surface area contributed by atoms with Crippen LogP contribution in [0.1, 0.15) is 36.8 Å². The van der Waals surface area contributed by atoms with Crippen molar-refractivity contribution in [3.05, 3.63) is 29.3 Å². The maximum Gasteiger partial charge on any atom is 0.121 e. The van der Waals surface area contributed by atoms with Crippen molar-refractivity contribution < 1.29 is 4.74 Å². The summed E-state index contributed by atoms with van der Waals surface area (Å²) < 4.78 is 5.28. The van der Waals surface area contributed by atoms with E-state index in [9.17, 15) is 0 Å². The van der Waals surface area contributed by atoms with E-state index in [0.29, 0.717) is 0 Å². The third-order valence-corrected chi connectivity index (χ3v) is 3.96. The van der Waals surface area contributed by atoms with E-state index in [2.05, 4.69) is 30.4 Å². The highest BCUT2D eigenvalue weighted by Crippen LogP contribution is 2.23. The van der Waals surface area contributed by atoms with Gasteiger partial charge in [-0.1, -0.05) is 25.0 Å². The number of rotatable bonds is 6. The Bertz CT molecular complexity index is 369. The second-order valence-corrected chi connectivity index (χ2v) is 5.41. The molecule has 0 aliphatic heterocycles. The minimum atomic E-state index is 0.933. The predicted molar refractivity (Wildman–Crippen MR) is 76.3 cm³/mol. The Morgan fingerprint density at radius 1 is 1.28 bits per heavy atom. The average Bonchev–Trinajstić information content (AvgIpc) is 2.88. The van der Waals surface area contributed by atoms with E-state index in [1.165, 1.54) is 43.4 Å². The van der Waals surface area contributed by atoms with Crippen molar-refractivity contribution in [2.24, 2.45) is 5.92 Å². The van der Waals surface area contributed by atoms with Crippen LogP contribution >= 0.6 is 0 Å². The van der Waals surface area contributed by atoms with Gasteiger partial charge in [0.25, 0.3) is 0 Å². The molecule has 2 rings (SSSR count). The van der Waals surface area contributed by atoms with Gasteiger partial charge in [0.05, 0.1) is 7.11 Å². The molecule has 0 unspecified atom stereocenters. The number of ether oxygens (including phenoxy) is 1. The van der Waals surface area contributed by atoms with Gasteiger partial charge in [-0.05, 0) is 62.4 Å². The summed E-state index contributed by atoms with van der Waals surface area (Å²) >= 11 is 0. The van der Waals surface area contributed by atoms with E-state index >= 15 is 0 Å². The lowest BCUT2D eigenvalue weighted by Crippen LogP contribution is -2.23. The molecule has 0 heterocycles. The molecule has 2 nitrogen and oxygen atoms in total. The van der Waals surface area contributed by atoms with E-state index in [0.717, 1.165) is 24.6 Å². The van der Waals surface area contributed by atoms with Crippen LogP contribution in [0.15, 0.2) is 18.2 Å². The lowest BCUT2D eigenvalue weighted by Gasteiger charge is -2.11. The van der Waals surface area contributed by atoms with E-state index in [4.69, 9.17) is 4.74 Å². The fraction of sp³-hybridized carbons (Fsp3) is 0.625. The molecule has 18 heavy (non-hydrogen) atoms. The Morgan fingerprint density at radius 2 is 2.06 bits per heavy atom. The van der Waals surface area contributed by atoms with E-state index in [1.807, 2.05) is 0 Å². The first-order valence-corrected chi connectivity index (χ1v) is 7.14. The fourth-order valence-corrected chi connectivity index (χ4v) is 2.85. The van der Waals surface area contributed by atoms with Crippen LogP contribution in [0.3, 0.4) is 0 Å². The van der Waals surface area contributed by atoms with Crippen LogP contribution in [-0.4, -0.2) is 20.2 Å². The van der Waals surface area contributed by atoms with Crippen molar-refractivity contribution in [3.63, 3.8) is 0 Å². The van der Waals surface area contributed by atoms with Gasteiger partial charge >= 0.3 is 0 Å². The van der Waals surface area contributed by atoms with Gasteiger partial charge in [-0.2, -0.15) is 0 Å². The SMILES string of the molecule is COc1ccc(CCNCC2CCCC2)cc1C. The third-order valence-electron chi connectivity index (χ3n) is 3.96. The molecule has 1 aromatic carbocycles. The topological polar surface area (TPSA) is 21.3 Å². The Balaban J connectivity index is 1.71. The molecule has 0 amide bonds. The highest BCUT2D eigenvalue weighted by atomic mass is 16.5. The lowest BCUT2D eigenvalue weighted by atomic mass is 10.1. The van der Waals surface area contributed by atoms with Crippen molar-refractivity contribution in [2.75, 3.05) is 20.2 Å². The molecule has 0 aromatic heterocycles. The van der Waals surface area contributed by atoms with Crippen molar-refractivity contribution >= 4 is 0 Å². The van der Waals surface area contributed by atoms with Crippen molar-refractivity contribution in [3.8, 4) is 5.75 Å². The van der Waals surface area contributed by atoms with E-state index in [-0.39, 0.29) is 0 Å². The van der Waals surface area contributed by atoms with E-state index < -0.39 is 0 Å². The van der Waals surface area contributed by atoms with Gasteiger partial charge in [0.2, 0.25) is 0 Å². The maximum absolute atomic E-state index is 5.28. The molecule has 0 saturated heterocycles. The molecular weight excluding hydrogens is 222 g/mol. The summed E-state index contributed by atoms with van der Waals surface area (Å²) in [6.45, 7) is 4.39. The van der Waals surface area contributed by atoms with Crippen molar-refractivity contribution in [1.29, 1.82) is 0 Å². The average molecular weight is 247 g/mol. The van der Waals surface area contributed by atoms with Crippen LogP contribution < -0.4 is 10.1 Å². The highest BCUT2D eigenvalue weighted by molar-refractivity contribution is 5.36. The fourth-order valence-electron chi connectivity index (χ4n) is 2.85. The summed E-state index contributed by atoms with van der Waals surface area (Å²) in [5, 5.41) is 3.59. The Labute approximate surface area is 111 Å².